The van der Waals surface area contributed by atoms with Crippen molar-refractivity contribution in [3.05, 3.63) is 34.1 Å². The maximum atomic E-state index is 13.6. The van der Waals surface area contributed by atoms with Crippen molar-refractivity contribution in [1.82, 2.24) is 4.90 Å². The van der Waals surface area contributed by atoms with Gasteiger partial charge in [0.2, 0.25) is 0 Å². The first-order chi connectivity index (χ1) is 8.08. The Morgan fingerprint density at radius 1 is 1.41 bits per heavy atom. The topological polar surface area (TPSA) is 20.3 Å². The average molecular weight is 256 g/mol. The highest BCUT2D eigenvalue weighted by molar-refractivity contribution is 6.31. The van der Waals surface area contributed by atoms with Crippen LogP contribution in [0.15, 0.2) is 12.1 Å². The van der Waals surface area contributed by atoms with Crippen molar-refractivity contribution in [2.75, 3.05) is 19.6 Å². The molecule has 0 saturated carbocycles. The largest absolute Gasteiger partial charge is 0.296 e. The molecule has 0 N–H and O–H groups in total. The van der Waals surface area contributed by atoms with Crippen LogP contribution >= 0.6 is 11.6 Å². The lowest BCUT2D eigenvalue weighted by molar-refractivity contribution is 0.0941. The highest BCUT2D eigenvalue weighted by Gasteiger charge is 2.19. The SMILES string of the molecule is Cc1cc(C(=O)CN2CCCC2)c(F)cc1Cl. The molecule has 0 amide bonds. The number of halogens is 2. The van der Waals surface area contributed by atoms with Crippen molar-refractivity contribution in [3.8, 4) is 0 Å². The zero-order valence-electron chi connectivity index (χ0n) is 9.80. The molecule has 1 aliphatic rings. The Labute approximate surface area is 105 Å². The van der Waals surface area contributed by atoms with Gasteiger partial charge in [-0.25, -0.2) is 4.39 Å². The van der Waals surface area contributed by atoms with Crippen LogP contribution in [0, 0.1) is 12.7 Å². The van der Waals surface area contributed by atoms with Gasteiger partial charge in [0.15, 0.2) is 5.78 Å². The van der Waals surface area contributed by atoms with Crippen LogP contribution < -0.4 is 0 Å². The highest BCUT2D eigenvalue weighted by atomic mass is 35.5. The highest BCUT2D eigenvalue weighted by Crippen LogP contribution is 2.21. The van der Waals surface area contributed by atoms with E-state index in [9.17, 15) is 9.18 Å². The summed E-state index contributed by atoms with van der Waals surface area (Å²) in [6.07, 6.45) is 2.24. The van der Waals surface area contributed by atoms with Crippen LogP contribution in [-0.4, -0.2) is 30.3 Å². The number of benzene rings is 1. The molecule has 0 aromatic heterocycles. The standard InChI is InChI=1S/C13H15ClFNO/c1-9-6-10(12(15)7-11(9)14)13(17)8-16-4-2-3-5-16/h6-7H,2-5,8H2,1H3. The number of likely N-dealkylation sites (tertiary alicyclic amines) is 1. The maximum absolute atomic E-state index is 13.6. The number of hydrogen-bond acceptors (Lipinski definition) is 2. The van der Waals surface area contributed by atoms with E-state index in [1.54, 1.807) is 6.92 Å². The van der Waals surface area contributed by atoms with E-state index < -0.39 is 5.82 Å². The monoisotopic (exact) mass is 255 g/mol. The summed E-state index contributed by atoms with van der Waals surface area (Å²) in [5, 5.41) is 0.361. The summed E-state index contributed by atoms with van der Waals surface area (Å²) in [7, 11) is 0. The summed E-state index contributed by atoms with van der Waals surface area (Å²) in [5.74, 6) is -0.686. The third-order valence-corrected chi connectivity index (χ3v) is 3.52. The molecular formula is C13H15ClFNO. The van der Waals surface area contributed by atoms with Crippen LogP contribution in [0.2, 0.25) is 5.02 Å². The molecule has 17 heavy (non-hydrogen) atoms. The van der Waals surface area contributed by atoms with E-state index in [0.29, 0.717) is 11.6 Å². The second-order valence-electron chi connectivity index (χ2n) is 4.49. The maximum Gasteiger partial charge on any atom is 0.179 e. The van der Waals surface area contributed by atoms with Crippen molar-refractivity contribution in [3.63, 3.8) is 0 Å². The molecule has 1 aliphatic heterocycles. The second-order valence-corrected chi connectivity index (χ2v) is 4.89. The third-order valence-electron chi connectivity index (χ3n) is 3.11. The summed E-state index contributed by atoms with van der Waals surface area (Å²) in [5.41, 5.74) is 0.886. The average Bonchev–Trinajstić information content (AvgIpc) is 2.76. The summed E-state index contributed by atoms with van der Waals surface area (Å²) < 4.78 is 13.6. The van der Waals surface area contributed by atoms with Gasteiger partial charge in [-0.1, -0.05) is 11.6 Å². The first-order valence-corrected chi connectivity index (χ1v) is 6.17. The molecule has 0 bridgehead atoms. The van der Waals surface area contributed by atoms with Crippen molar-refractivity contribution >= 4 is 17.4 Å². The molecule has 0 radical (unpaired) electrons. The molecule has 0 atom stereocenters. The molecule has 4 heteroatoms. The van der Waals surface area contributed by atoms with E-state index in [-0.39, 0.29) is 11.3 Å². The van der Waals surface area contributed by atoms with Gasteiger partial charge in [0.25, 0.3) is 0 Å². The Bertz CT molecular complexity index is 441. The smallest absolute Gasteiger partial charge is 0.179 e. The number of rotatable bonds is 3. The van der Waals surface area contributed by atoms with Gasteiger partial charge >= 0.3 is 0 Å². The number of aryl methyl sites for hydroxylation is 1. The predicted molar refractivity (Wildman–Crippen MR) is 66.2 cm³/mol. The van der Waals surface area contributed by atoms with Crippen LogP contribution in [0.25, 0.3) is 0 Å². The molecule has 1 heterocycles. The minimum absolute atomic E-state index is 0.152. The molecule has 0 unspecified atom stereocenters. The number of ketones is 1. The Balaban J connectivity index is 2.15. The zero-order chi connectivity index (χ0) is 12.4. The van der Waals surface area contributed by atoms with Gasteiger partial charge in [0.1, 0.15) is 5.82 Å². The molecule has 1 aromatic carbocycles. The Morgan fingerprint density at radius 2 is 2.06 bits per heavy atom. The van der Waals surface area contributed by atoms with Gasteiger partial charge in [-0.15, -0.1) is 0 Å². The van der Waals surface area contributed by atoms with Gasteiger partial charge in [0, 0.05) is 5.02 Å². The molecule has 1 fully saturated rings. The minimum Gasteiger partial charge on any atom is -0.296 e. The Morgan fingerprint density at radius 3 is 2.71 bits per heavy atom. The Hall–Kier alpha value is -0.930. The minimum atomic E-state index is -0.523. The van der Waals surface area contributed by atoms with Crippen LogP contribution in [0.4, 0.5) is 4.39 Å². The molecule has 92 valence electrons. The number of Topliss-reactive ketones (excluding diaryl/α,β-unsaturated/α-hetero) is 1. The fraction of sp³-hybridized carbons (Fsp3) is 0.462. The van der Waals surface area contributed by atoms with Crippen molar-refractivity contribution in [1.29, 1.82) is 0 Å². The van der Waals surface area contributed by atoms with Crippen molar-refractivity contribution in [2.45, 2.75) is 19.8 Å². The van der Waals surface area contributed by atoms with Gasteiger partial charge in [0.05, 0.1) is 12.1 Å². The lowest BCUT2D eigenvalue weighted by Gasteiger charge is -2.14. The number of carbonyl (C=O) groups is 1. The molecule has 2 nitrogen and oxygen atoms in total. The zero-order valence-corrected chi connectivity index (χ0v) is 10.6. The van der Waals surface area contributed by atoms with Crippen LogP contribution in [0.1, 0.15) is 28.8 Å². The van der Waals surface area contributed by atoms with Gasteiger partial charge in [-0.3, -0.25) is 9.69 Å². The molecule has 0 aliphatic carbocycles. The predicted octanol–water partition coefficient (Wildman–Crippen LogP) is 3.07. The number of carbonyl (C=O) groups excluding carboxylic acids is 1. The number of nitrogens with zero attached hydrogens (tertiary/aromatic N) is 1. The van der Waals surface area contributed by atoms with Crippen LogP contribution in [-0.2, 0) is 0 Å². The normalized spacial score (nSPS) is 16.4. The Kier molecular flexibility index (Phi) is 3.79. The summed E-state index contributed by atoms with van der Waals surface area (Å²) in [4.78, 5) is 14.0. The van der Waals surface area contributed by atoms with E-state index in [1.165, 1.54) is 12.1 Å². The van der Waals surface area contributed by atoms with E-state index >= 15 is 0 Å². The first-order valence-electron chi connectivity index (χ1n) is 5.79. The third kappa shape index (κ3) is 2.85. The molecule has 0 spiro atoms. The van der Waals surface area contributed by atoms with Crippen LogP contribution in [0.5, 0.6) is 0 Å². The molecule has 1 saturated heterocycles. The molecular weight excluding hydrogens is 241 g/mol. The number of hydrogen-bond donors (Lipinski definition) is 0. The fourth-order valence-corrected chi connectivity index (χ4v) is 2.25. The lowest BCUT2D eigenvalue weighted by Crippen LogP contribution is -2.27. The summed E-state index contributed by atoms with van der Waals surface area (Å²) in [6.45, 7) is 3.94. The van der Waals surface area contributed by atoms with Crippen molar-refractivity contribution in [2.24, 2.45) is 0 Å². The molecule has 1 aromatic rings. The van der Waals surface area contributed by atoms with E-state index in [0.717, 1.165) is 31.5 Å². The van der Waals surface area contributed by atoms with Crippen LogP contribution in [0.3, 0.4) is 0 Å². The van der Waals surface area contributed by atoms with E-state index in [4.69, 9.17) is 11.6 Å². The summed E-state index contributed by atoms with van der Waals surface area (Å²) >= 11 is 5.80. The first kappa shape index (κ1) is 12.5. The lowest BCUT2D eigenvalue weighted by atomic mass is 10.1. The quantitative estimate of drug-likeness (QED) is 0.774. The van der Waals surface area contributed by atoms with Gasteiger partial charge in [-0.2, -0.15) is 0 Å². The second kappa shape index (κ2) is 5.15. The fourth-order valence-electron chi connectivity index (χ4n) is 2.10. The van der Waals surface area contributed by atoms with E-state index in [2.05, 4.69) is 4.90 Å². The van der Waals surface area contributed by atoms with Gasteiger partial charge in [-0.05, 0) is 50.6 Å². The van der Waals surface area contributed by atoms with Crippen molar-refractivity contribution < 1.29 is 9.18 Å². The van der Waals surface area contributed by atoms with Gasteiger partial charge < -0.3 is 0 Å². The summed E-state index contributed by atoms with van der Waals surface area (Å²) in [6, 6.07) is 2.75. The molecule has 2 rings (SSSR count). The van der Waals surface area contributed by atoms with E-state index in [1.807, 2.05) is 0 Å².